The lowest BCUT2D eigenvalue weighted by molar-refractivity contribution is -0.385. The zero-order chi connectivity index (χ0) is 16.6. The van der Waals surface area contributed by atoms with Gasteiger partial charge in [0.15, 0.2) is 0 Å². The summed E-state index contributed by atoms with van der Waals surface area (Å²) in [6, 6.07) is 9.18. The van der Waals surface area contributed by atoms with E-state index in [-0.39, 0.29) is 16.3 Å². The second-order valence-corrected chi connectivity index (χ2v) is 6.38. The molecule has 118 valence electrons. The molecule has 0 aliphatic heterocycles. The summed E-state index contributed by atoms with van der Waals surface area (Å²) in [4.78, 5) is 26.1. The van der Waals surface area contributed by atoms with Crippen molar-refractivity contribution in [2.24, 2.45) is 0 Å². The Morgan fingerprint density at radius 2 is 1.78 bits per heavy atom. The molecule has 10 heteroatoms. The molecule has 0 radical (unpaired) electrons. The first-order chi connectivity index (χ1) is 10.8. The quantitative estimate of drug-likeness (QED) is 0.491. The fourth-order valence-corrected chi connectivity index (χ4v) is 3.16. The van der Waals surface area contributed by atoms with Crippen LogP contribution in [-0.4, -0.2) is 23.3 Å². The number of H-pyrrole nitrogens is 2. The summed E-state index contributed by atoms with van der Waals surface area (Å²) in [7, 11) is -3.99. The van der Waals surface area contributed by atoms with Gasteiger partial charge in [0.05, 0.1) is 26.5 Å². The Labute approximate surface area is 129 Å². The average molecular weight is 334 g/mol. The van der Waals surface area contributed by atoms with Crippen LogP contribution in [0.15, 0.2) is 52.2 Å². The predicted molar refractivity (Wildman–Crippen MR) is 82.8 cm³/mol. The number of aromatic nitrogens is 2. The van der Waals surface area contributed by atoms with Crippen molar-refractivity contribution in [2.75, 3.05) is 4.72 Å². The molecule has 3 N–H and O–H groups in total. The topological polar surface area (TPSA) is 138 Å². The van der Waals surface area contributed by atoms with Gasteiger partial charge in [-0.25, -0.2) is 13.2 Å². The Bertz CT molecular complexity index is 1070. The minimum atomic E-state index is -3.99. The fourth-order valence-electron chi connectivity index (χ4n) is 2.07. The summed E-state index contributed by atoms with van der Waals surface area (Å²) >= 11 is 0. The lowest BCUT2D eigenvalue weighted by Crippen LogP contribution is -2.13. The molecule has 0 aliphatic rings. The van der Waals surface area contributed by atoms with Crippen molar-refractivity contribution in [3.05, 3.63) is 63.1 Å². The van der Waals surface area contributed by atoms with E-state index in [0.29, 0.717) is 11.0 Å². The summed E-state index contributed by atoms with van der Waals surface area (Å²) in [5, 5.41) is 10.7. The van der Waals surface area contributed by atoms with Gasteiger partial charge in [0.25, 0.3) is 15.7 Å². The zero-order valence-electron chi connectivity index (χ0n) is 11.4. The third-order valence-corrected chi connectivity index (χ3v) is 4.49. The molecular formula is C13H10N4O5S. The van der Waals surface area contributed by atoms with Crippen LogP contribution in [0, 0.1) is 10.1 Å². The maximum absolute atomic E-state index is 12.3. The van der Waals surface area contributed by atoms with Gasteiger partial charge in [-0.3, -0.25) is 14.8 Å². The average Bonchev–Trinajstić information content (AvgIpc) is 2.86. The molecule has 0 spiro atoms. The standard InChI is InChI=1S/C13H10N4O5S/c18-13-14-11-5-4-8(6-12(11)15-13)16-23(21,22)10-3-1-2-9(7-10)17(19)20/h1-7,16H,(H2,14,15,18). The summed E-state index contributed by atoms with van der Waals surface area (Å²) in [5.41, 5.74) is 0.471. The van der Waals surface area contributed by atoms with Gasteiger partial charge in [0.1, 0.15) is 0 Å². The van der Waals surface area contributed by atoms with Crippen LogP contribution in [0.5, 0.6) is 0 Å². The summed E-state index contributed by atoms with van der Waals surface area (Å²) in [6.45, 7) is 0. The number of aromatic amines is 2. The van der Waals surface area contributed by atoms with E-state index in [9.17, 15) is 23.3 Å². The van der Waals surface area contributed by atoms with Crippen LogP contribution < -0.4 is 10.4 Å². The van der Waals surface area contributed by atoms with Gasteiger partial charge in [-0.05, 0) is 24.3 Å². The molecule has 1 aromatic heterocycles. The molecule has 0 fully saturated rings. The number of rotatable bonds is 4. The number of nitrogens with zero attached hydrogens (tertiary/aromatic N) is 1. The van der Waals surface area contributed by atoms with E-state index in [4.69, 9.17) is 0 Å². The number of hydrogen-bond donors (Lipinski definition) is 3. The Morgan fingerprint density at radius 1 is 1.04 bits per heavy atom. The van der Waals surface area contributed by atoms with E-state index in [1.807, 2.05) is 0 Å². The number of sulfonamides is 1. The van der Waals surface area contributed by atoms with E-state index in [2.05, 4.69) is 14.7 Å². The maximum Gasteiger partial charge on any atom is 0.323 e. The molecule has 9 nitrogen and oxygen atoms in total. The van der Waals surface area contributed by atoms with Crippen LogP contribution in [0.25, 0.3) is 11.0 Å². The van der Waals surface area contributed by atoms with Crippen molar-refractivity contribution >= 4 is 32.4 Å². The molecule has 23 heavy (non-hydrogen) atoms. The molecule has 1 heterocycles. The molecule has 0 amide bonds. The Morgan fingerprint density at radius 3 is 2.52 bits per heavy atom. The Balaban J connectivity index is 1.97. The molecule has 3 rings (SSSR count). The van der Waals surface area contributed by atoms with Crippen LogP contribution in [0.4, 0.5) is 11.4 Å². The van der Waals surface area contributed by atoms with E-state index >= 15 is 0 Å². The maximum atomic E-state index is 12.3. The highest BCUT2D eigenvalue weighted by atomic mass is 32.2. The number of anilines is 1. The summed E-state index contributed by atoms with van der Waals surface area (Å²) in [5.74, 6) is 0. The highest BCUT2D eigenvalue weighted by molar-refractivity contribution is 7.92. The monoisotopic (exact) mass is 334 g/mol. The number of hydrogen-bond acceptors (Lipinski definition) is 5. The first-order valence-electron chi connectivity index (χ1n) is 6.34. The third kappa shape index (κ3) is 2.92. The van der Waals surface area contributed by atoms with Crippen molar-refractivity contribution in [1.29, 1.82) is 0 Å². The van der Waals surface area contributed by atoms with Crippen molar-refractivity contribution < 1.29 is 13.3 Å². The molecule has 0 saturated carbocycles. The van der Waals surface area contributed by atoms with Crippen LogP contribution in [-0.2, 0) is 10.0 Å². The van der Waals surface area contributed by atoms with Crippen molar-refractivity contribution in [3.63, 3.8) is 0 Å². The van der Waals surface area contributed by atoms with Crippen molar-refractivity contribution in [3.8, 4) is 0 Å². The number of nitro groups is 1. The largest absolute Gasteiger partial charge is 0.323 e. The van der Waals surface area contributed by atoms with Gasteiger partial charge < -0.3 is 9.97 Å². The van der Waals surface area contributed by atoms with Crippen LogP contribution >= 0.6 is 0 Å². The number of nitro benzene ring substituents is 1. The highest BCUT2D eigenvalue weighted by Crippen LogP contribution is 2.21. The molecule has 0 atom stereocenters. The number of non-ortho nitro benzene ring substituents is 1. The van der Waals surface area contributed by atoms with Crippen LogP contribution in [0.3, 0.4) is 0 Å². The number of imidazole rings is 1. The minimum absolute atomic E-state index is 0.222. The van der Waals surface area contributed by atoms with E-state index < -0.39 is 20.6 Å². The molecule has 0 bridgehead atoms. The minimum Gasteiger partial charge on any atom is -0.306 e. The van der Waals surface area contributed by atoms with Gasteiger partial charge in [-0.2, -0.15) is 0 Å². The second kappa shape index (κ2) is 5.25. The molecule has 0 aliphatic carbocycles. The zero-order valence-corrected chi connectivity index (χ0v) is 12.3. The first kappa shape index (κ1) is 14.8. The van der Waals surface area contributed by atoms with Gasteiger partial charge in [0, 0.05) is 12.1 Å². The molecular weight excluding hydrogens is 324 g/mol. The second-order valence-electron chi connectivity index (χ2n) is 4.70. The van der Waals surface area contributed by atoms with Crippen LogP contribution in [0.2, 0.25) is 0 Å². The van der Waals surface area contributed by atoms with Crippen molar-refractivity contribution in [2.45, 2.75) is 4.90 Å². The van der Waals surface area contributed by atoms with E-state index in [1.54, 1.807) is 6.07 Å². The summed E-state index contributed by atoms with van der Waals surface area (Å²) < 4.78 is 26.9. The SMILES string of the molecule is O=c1[nH]c2ccc(NS(=O)(=O)c3cccc([N+](=O)[O-])c3)cc2[nH]1. The molecule has 0 unspecified atom stereocenters. The number of fused-ring (bicyclic) bond motifs is 1. The van der Waals surface area contributed by atoms with Crippen molar-refractivity contribution in [1.82, 2.24) is 9.97 Å². The first-order valence-corrected chi connectivity index (χ1v) is 7.83. The van der Waals surface area contributed by atoms with Crippen LogP contribution in [0.1, 0.15) is 0 Å². The third-order valence-electron chi connectivity index (χ3n) is 3.11. The smallest absolute Gasteiger partial charge is 0.306 e. The van der Waals surface area contributed by atoms with Gasteiger partial charge in [0.2, 0.25) is 0 Å². The lowest BCUT2D eigenvalue weighted by atomic mass is 10.3. The lowest BCUT2D eigenvalue weighted by Gasteiger charge is -2.08. The normalized spacial score (nSPS) is 11.5. The Kier molecular flexibility index (Phi) is 3.37. The van der Waals surface area contributed by atoms with E-state index in [1.165, 1.54) is 30.3 Å². The van der Waals surface area contributed by atoms with Gasteiger partial charge in [-0.15, -0.1) is 0 Å². The number of nitrogens with one attached hydrogen (secondary N) is 3. The predicted octanol–water partition coefficient (Wildman–Crippen LogP) is 1.57. The fraction of sp³-hybridized carbons (Fsp3) is 0. The van der Waals surface area contributed by atoms with Gasteiger partial charge >= 0.3 is 5.69 Å². The molecule has 2 aromatic carbocycles. The highest BCUT2D eigenvalue weighted by Gasteiger charge is 2.18. The molecule has 0 saturated heterocycles. The van der Waals surface area contributed by atoms with E-state index in [0.717, 1.165) is 6.07 Å². The number of benzene rings is 2. The molecule has 3 aromatic rings. The summed E-state index contributed by atoms with van der Waals surface area (Å²) in [6.07, 6.45) is 0. The van der Waals surface area contributed by atoms with Gasteiger partial charge in [-0.1, -0.05) is 6.07 Å². The Hall–Kier alpha value is -3.14.